The van der Waals surface area contributed by atoms with Crippen molar-refractivity contribution in [3.8, 4) is 5.75 Å². The van der Waals surface area contributed by atoms with Gasteiger partial charge in [0, 0.05) is 22.2 Å². The van der Waals surface area contributed by atoms with Gasteiger partial charge in [0.15, 0.2) is 0 Å². The van der Waals surface area contributed by atoms with Crippen LogP contribution in [0.1, 0.15) is 50.3 Å². The van der Waals surface area contributed by atoms with E-state index >= 15 is 0 Å². The number of amides is 1. The first kappa shape index (κ1) is 27.8. The highest BCUT2D eigenvalue weighted by atomic mass is 35.5. The third-order valence-electron chi connectivity index (χ3n) is 6.64. The number of nitrogens with zero attached hydrogens (tertiary/aromatic N) is 3. The second-order valence-electron chi connectivity index (χ2n) is 9.55. The molecule has 0 aliphatic carbocycles. The molecule has 1 aliphatic heterocycles. The van der Waals surface area contributed by atoms with Crippen LogP contribution < -0.4 is 15.4 Å². The fraction of sp³-hybridized carbons (Fsp3) is 0.258. The summed E-state index contributed by atoms with van der Waals surface area (Å²) in [5.41, 5.74) is 3.94. The normalized spacial score (nSPS) is 14.4. The van der Waals surface area contributed by atoms with Crippen molar-refractivity contribution in [3.63, 3.8) is 0 Å². The van der Waals surface area contributed by atoms with Crippen LogP contribution in [0.2, 0.25) is 5.02 Å². The molecule has 1 unspecified atom stereocenters. The topological polar surface area (TPSA) is 81.1 Å². The molecule has 3 aromatic carbocycles. The number of halogens is 1. The van der Waals surface area contributed by atoms with E-state index in [1.54, 1.807) is 4.68 Å². The molecule has 2 N–H and O–H groups in total. The van der Waals surface area contributed by atoms with Gasteiger partial charge in [0.2, 0.25) is 11.1 Å². The lowest BCUT2D eigenvalue weighted by Crippen LogP contribution is -2.31. The van der Waals surface area contributed by atoms with Crippen LogP contribution in [0.15, 0.2) is 95.3 Å². The van der Waals surface area contributed by atoms with E-state index in [1.165, 1.54) is 11.8 Å². The zero-order valence-electron chi connectivity index (χ0n) is 22.6. The number of benzene rings is 3. The molecule has 0 fully saturated rings. The van der Waals surface area contributed by atoms with Gasteiger partial charge >= 0.3 is 0 Å². The van der Waals surface area contributed by atoms with E-state index in [0.29, 0.717) is 34.1 Å². The SMILES string of the molecule is CCCCCOc1ccc(C2C(C(=O)Nc3ccccc3)=C(C)Nc3nc(SCc4ccccc4Cl)nn32)cc1. The number of rotatable bonds is 11. The minimum atomic E-state index is -0.476. The van der Waals surface area contributed by atoms with Crippen LogP contribution in [0.4, 0.5) is 11.6 Å². The monoisotopic (exact) mass is 573 g/mol. The smallest absolute Gasteiger partial charge is 0.255 e. The van der Waals surface area contributed by atoms with Crippen LogP contribution >= 0.6 is 23.4 Å². The number of carbonyl (C=O) groups is 1. The number of hydrogen-bond donors (Lipinski definition) is 2. The van der Waals surface area contributed by atoms with Gasteiger partial charge in [0.05, 0.1) is 12.2 Å². The largest absolute Gasteiger partial charge is 0.494 e. The van der Waals surface area contributed by atoms with Crippen molar-refractivity contribution in [2.75, 3.05) is 17.2 Å². The van der Waals surface area contributed by atoms with Crippen molar-refractivity contribution in [2.45, 2.75) is 50.1 Å². The predicted molar refractivity (Wildman–Crippen MR) is 162 cm³/mol. The van der Waals surface area contributed by atoms with E-state index in [-0.39, 0.29) is 5.91 Å². The van der Waals surface area contributed by atoms with Gasteiger partial charge in [-0.3, -0.25) is 4.79 Å². The zero-order valence-corrected chi connectivity index (χ0v) is 24.1. The number of nitrogens with one attached hydrogen (secondary N) is 2. The number of thioether (sulfide) groups is 1. The molecule has 2 heterocycles. The Balaban J connectivity index is 1.44. The Kier molecular flexibility index (Phi) is 9.08. The first-order valence-corrected chi connectivity index (χ1v) is 14.8. The lowest BCUT2D eigenvalue weighted by atomic mass is 9.95. The lowest BCUT2D eigenvalue weighted by Gasteiger charge is -2.28. The number of fused-ring (bicyclic) bond motifs is 1. The Morgan fingerprint density at radius 1 is 1.05 bits per heavy atom. The Morgan fingerprint density at radius 3 is 2.55 bits per heavy atom. The van der Waals surface area contributed by atoms with Gasteiger partial charge in [-0.15, -0.1) is 5.10 Å². The van der Waals surface area contributed by atoms with Crippen LogP contribution in [0.25, 0.3) is 0 Å². The lowest BCUT2D eigenvalue weighted by molar-refractivity contribution is -0.113. The highest BCUT2D eigenvalue weighted by molar-refractivity contribution is 7.98. The molecule has 0 saturated heterocycles. The molecule has 5 rings (SSSR count). The fourth-order valence-corrected chi connectivity index (χ4v) is 5.68. The van der Waals surface area contributed by atoms with Crippen molar-refractivity contribution < 1.29 is 9.53 Å². The molecule has 7 nitrogen and oxygen atoms in total. The van der Waals surface area contributed by atoms with Gasteiger partial charge in [0.25, 0.3) is 5.91 Å². The Bertz CT molecular complexity index is 1490. The second kappa shape index (κ2) is 13.1. The molecular formula is C31H32ClN5O2S. The molecule has 4 aromatic rings. The molecule has 1 amide bonds. The first-order valence-electron chi connectivity index (χ1n) is 13.4. The molecule has 206 valence electrons. The standard InChI is InChI=1S/C31H32ClN5O2S/c1-3-4-10-19-39-25-17-15-22(16-18-25)28-27(29(38)34-24-12-6-5-7-13-24)21(2)33-30-35-31(36-37(28)30)40-20-23-11-8-9-14-26(23)32/h5-9,11-18,28H,3-4,10,19-20H2,1-2H3,(H,34,38)(H,33,35,36). The van der Waals surface area contributed by atoms with E-state index in [0.717, 1.165) is 47.5 Å². The molecule has 1 aromatic heterocycles. The van der Waals surface area contributed by atoms with E-state index in [1.807, 2.05) is 85.8 Å². The maximum atomic E-state index is 13.7. The number of allylic oxidation sites excluding steroid dienone is 1. The molecule has 0 saturated carbocycles. The summed E-state index contributed by atoms with van der Waals surface area (Å²) in [4.78, 5) is 18.4. The summed E-state index contributed by atoms with van der Waals surface area (Å²) in [6, 6.07) is 24.6. The Hall–Kier alpha value is -3.75. The molecule has 9 heteroatoms. The van der Waals surface area contributed by atoms with Gasteiger partial charge in [-0.2, -0.15) is 4.98 Å². The van der Waals surface area contributed by atoms with Crippen LogP contribution in [-0.2, 0) is 10.5 Å². The van der Waals surface area contributed by atoms with Gasteiger partial charge in [-0.1, -0.05) is 91.7 Å². The van der Waals surface area contributed by atoms with E-state index < -0.39 is 6.04 Å². The van der Waals surface area contributed by atoms with Gasteiger partial charge < -0.3 is 15.4 Å². The average molecular weight is 574 g/mol. The molecular weight excluding hydrogens is 542 g/mol. The maximum absolute atomic E-state index is 13.7. The first-order chi connectivity index (χ1) is 19.5. The number of para-hydroxylation sites is 1. The number of ether oxygens (including phenoxy) is 1. The summed E-state index contributed by atoms with van der Waals surface area (Å²) in [6.07, 6.45) is 3.31. The van der Waals surface area contributed by atoms with Crippen molar-refractivity contribution in [1.82, 2.24) is 14.8 Å². The molecule has 0 bridgehead atoms. The molecule has 0 spiro atoms. The van der Waals surface area contributed by atoms with E-state index in [2.05, 4.69) is 17.6 Å². The van der Waals surface area contributed by atoms with E-state index in [9.17, 15) is 4.79 Å². The van der Waals surface area contributed by atoms with Crippen LogP contribution in [0.3, 0.4) is 0 Å². The molecule has 40 heavy (non-hydrogen) atoms. The quantitative estimate of drug-likeness (QED) is 0.141. The summed E-state index contributed by atoms with van der Waals surface area (Å²) >= 11 is 7.86. The maximum Gasteiger partial charge on any atom is 0.255 e. The second-order valence-corrected chi connectivity index (χ2v) is 10.9. The van der Waals surface area contributed by atoms with E-state index in [4.69, 9.17) is 26.4 Å². The zero-order chi connectivity index (χ0) is 27.9. The minimum absolute atomic E-state index is 0.201. The summed E-state index contributed by atoms with van der Waals surface area (Å²) in [5.74, 6) is 1.82. The highest BCUT2D eigenvalue weighted by Gasteiger charge is 2.34. The third kappa shape index (κ3) is 6.51. The van der Waals surface area contributed by atoms with Crippen LogP contribution in [0, 0.1) is 0 Å². The van der Waals surface area contributed by atoms with Gasteiger partial charge in [-0.05, 0) is 54.8 Å². The van der Waals surface area contributed by atoms with Gasteiger partial charge in [0.1, 0.15) is 11.8 Å². The van der Waals surface area contributed by atoms with Crippen molar-refractivity contribution >= 4 is 40.9 Å². The van der Waals surface area contributed by atoms with Crippen molar-refractivity contribution in [1.29, 1.82) is 0 Å². The summed E-state index contributed by atoms with van der Waals surface area (Å²) in [5, 5.41) is 12.5. The number of hydrogen-bond acceptors (Lipinski definition) is 6. The van der Waals surface area contributed by atoms with Crippen molar-refractivity contribution in [2.24, 2.45) is 0 Å². The highest BCUT2D eigenvalue weighted by Crippen LogP contribution is 2.38. The summed E-state index contributed by atoms with van der Waals surface area (Å²) in [7, 11) is 0. The number of anilines is 2. The Morgan fingerprint density at radius 2 is 1.80 bits per heavy atom. The number of carbonyl (C=O) groups excluding carboxylic acids is 1. The summed E-state index contributed by atoms with van der Waals surface area (Å²) in [6.45, 7) is 4.75. The third-order valence-corrected chi connectivity index (χ3v) is 7.89. The van der Waals surface area contributed by atoms with Crippen molar-refractivity contribution in [3.05, 3.63) is 106 Å². The molecule has 1 aliphatic rings. The Labute approximate surface area is 244 Å². The van der Waals surface area contributed by atoms with Crippen LogP contribution in [0.5, 0.6) is 5.75 Å². The molecule has 1 atom stereocenters. The number of unbranched alkanes of at least 4 members (excludes halogenated alkanes) is 2. The minimum Gasteiger partial charge on any atom is -0.494 e. The molecule has 0 radical (unpaired) electrons. The fourth-order valence-electron chi connectivity index (χ4n) is 4.56. The summed E-state index contributed by atoms with van der Waals surface area (Å²) < 4.78 is 7.72. The predicted octanol–water partition coefficient (Wildman–Crippen LogP) is 7.72. The number of aromatic nitrogens is 3. The van der Waals surface area contributed by atoms with Crippen LogP contribution in [-0.4, -0.2) is 27.3 Å². The average Bonchev–Trinajstić information content (AvgIpc) is 3.37. The van der Waals surface area contributed by atoms with Gasteiger partial charge in [-0.25, -0.2) is 4.68 Å².